The Morgan fingerprint density at radius 1 is 0.458 bits per heavy atom. The molecule has 0 spiro atoms. The summed E-state index contributed by atoms with van der Waals surface area (Å²) in [7, 11) is 0. The number of benzene rings is 2. The number of aliphatic hydroxyl groups is 9. The number of aliphatic hydroxyl groups excluding tert-OH is 9. The molecule has 5 unspecified atom stereocenters. The summed E-state index contributed by atoms with van der Waals surface area (Å²) in [5, 5.41) is 101. The van der Waals surface area contributed by atoms with Crippen molar-refractivity contribution in [2.45, 2.75) is 30.5 Å². The van der Waals surface area contributed by atoms with E-state index < -0.39 is 125 Å². The van der Waals surface area contributed by atoms with Crippen LogP contribution < -0.4 is 31.9 Å². The van der Waals surface area contributed by atoms with Gasteiger partial charge in [0.15, 0.2) is 11.8 Å². The van der Waals surface area contributed by atoms with Crippen molar-refractivity contribution in [2.24, 2.45) is 0 Å². The predicted octanol–water partition coefficient (Wildman–Crippen LogP) is -2.37. The summed E-state index contributed by atoms with van der Waals surface area (Å²) < 4.78 is 0.164. The van der Waals surface area contributed by atoms with Crippen molar-refractivity contribution in [2.75, 3.05) is 69.8 Å². The van der Waals surface area contributed by atoms with E-state index in [9.17, 15) is 74.7 Å². The minimum absolute atomic E-state index is 0.00363. The molecule has 2 aromatic rings. The largest absolute Gasteiger partial charge is 0.394 e. The summed E-state index contributed by atoms with van der Waals surface area (Å²) in [6.07, 6.45) is -5.56. The van der Waals surface area contributed by atoms with Gasteiger partial charge >= 0.3 is 0 Å². The Morgan fingerprint density at radius 3 is 1.14 bits per heavy atom. The smallest absolute Gasteiger partial charge is 0.253 e. The number of hydrogen-bond donors (Lipinski definition) is 15. The monoisotopic (exact) mass is 1510 g/mol. The molecule has 0 aliphatic carbocycles. The normalized spacial score (nSPS) is 13.7. The molecule has 0 saturated heterocycles. The number of carbonyl (C=O) groups is 6. The molecule has 0 saturated carbocycles. The number of nitrogens with one attached hydrogen (secondary N) is 6. The summed E-state index contributed by atoms with van der Waals surface area (Å²) in [5.41, 5.74) is -1.16. The van der Waals surface area contributed by atoms with E-state index in [-0.39, 0.29) is 55.0 Å². The summed E-state index contributed by atoms with van der Waals surface area (Å²) in [6, 6.07) is -1.98. The van der Waals surface area contributed by atoms with Gasteiger partial charge in [0, 0.05) is 42.5 Å². The Kier molecular flexibility index (Phi) is 24.3. The van der Waals surface area contributed by atoms with Crippen LogP contribution in [-0.4, -0.2) is 171 Å². The second kappa shape index (κ2) is 26.3. The maximum Gasteiger partial charge on any atom is 0.253 e. The Bertz CT molecular complexity index is 1860. The highest BCUT2D eigenvalue weighted by Gasteiger charge is 2.37. The summed E-state index contributed by atoms with van der Waals surface area (Å²) in [5.74, 6) is -5.69. The van der Waals surface area contributed by atoms with Crippen LogP contribution in [-0.2, 0) is 9.59 Å². The molecule has 0 aromatic heterocycles. The van der Waals surface area contributed by atoms with E-state index in [2.05, 4.69) is 31.9 Å². The van der Waals surface area contributed by atoms with Gasteiger partial charge < -0.3 is 72.5 Å². The standard InChI is InChI=1S/C32H38I6N6O15/c33-19-15(21(35)25(43-14(54)9-49)22(36)16(19)29(56)40-2-11(51)6-46)28(55)27(39-1-10(50)5-45)32(59)44-26-23(37)17(30(57)41-3-12(52)7-47)20(34)18(24(26)38)31(58)42-4-13(53)8-48/h10-13,27,39,45-53H,1-9H2,(H,40,56)(H,41,57)(H,42,58)(H,43,54)(H,44,59). The average Bonchev–Trinajstić information content (AvgIpc) is 3.20. The fraction of sp³-hybridized carbons (Fsp3) is 0.438. The molecule has 0 aliphatic rings. The lowest BCUT2D eigenvalue weighted by Crippen LogP contribution is -2.50. The van der Waals surface area contributed by atoms with Crippen molar-refractivity contribution in [3.63, 3.8) is 0 Å². The number of carbonyl (C=O) groups excluding carboxylic acids is 6. The lowest BCUT2D eigenvalue weighted by molar-refractivity contribution is -0.119. The summed E-state index contributed by atoms with van der Waals surface area (Å²) in [4.78, 5) is 82.1. The number of Topliss-reactive ketones (excluding diaryl/α,β-unsaturated/α-hetero) is 1. The van der Waals surface area contributed by atoms with Crippen molar-refractivity contribution in [3.8, 4) is 0 Å². The van der Waals surface area contributed by atoms with Crippen molar-refractivity contribution < 1.29 is 74.7 Å². The van der Waals surface area contributed by atoms with Gasteiger partial charge in [-0.15, -0.1) is 0 Å². The second-order valence-electron chi connectivity index (χ2n) is 12.0. The van der Waals surface area contributed by atoms with Crippen LogP contribution >= 0.6 is 136 Å². The van der Waals surface area contributed by atoms with Crippen molar-refractivity contribution in [3.05, 3.63) is 43.7 Å². The van der Waals surface area contributed by atoms with E-state index in [0.717, 1.165) is 0 Å². The Morgan fingerprint density at radius 2 is 0.780 bits per heavy atom. The lowest BCUT2D eigenvalue weighted by Gasteiger charge is -2.25. The fourth-order valence-corrected chi connectivity index (χ4v) is 13.5. The van der Waals surface area contributed by atoms with Gasteiger partial charge in [-0.05, 0) is 136 Å². The van der Waals surface area contributed by atoms with Crippen molar-refractivity contribution in [1.29, 1.82) is 0 Å². The Balaban J connectivity index is 2.91. The molecule has 27 heteroatoms. The zero-order valence-corrected chi connectivity index (χ0v) is 42.9. The fourth-order valence-electron chi connectivity index (χ4n) is 4.59. The maximum atomic E-state index is 14.7. The molecule has 2 rings (SSSR count). The van der Waals surface area contributed by atoms with E-state index in [4.69, 9.17) is 0 Å². The first-order valence-electron chi connectivity index (χ1n) is 16.6. The first kappa shape index (κ1) is 54.6. The van der Waals surface area contributed by atoms with E-state index >= 15 is 0 Å². The first-order chi connectivity index (χ1) is 27.7. The SMILES string of the molecule is O=C(CO)Nc1c(I)c(C(=O)NCC(O)CO)c(I)c(C(=O)C(NCC(O)CO)C(=O)Nc2c(I)c(C(=O)NCC(O)CO)c(I)c(C(=O)NCC(O)CO)c2I)c1I. The van der Waals surface area contributed by atoms with Gasteiger partial charge in [-0.3, -0.25) is 34.1 Å². The third kappa shape index (κ3) is 14.7. The Hall–Kier alpha value is -0.560. The van der Waals surface area contributed by atoms with Crippen LogP contribution in [0.3, 0.4) is 0 Å². The van der Waals surface area contributed by atoms with Gasteiger partial charge in [0.2, 0.25) is 11.8 Å². The lowest BCUT2D eigenvalue weighted by atomic mass is 9.99. The summed E-state index contributed by atoms with van der Waals surface area (Å²) >= 11 is 10.2. The van der Waals surface area contributed by atoms with Crippen LogP contribution in [0.15, 0.2) is 0 Å². The molecule has 0 fully saturated rings. The first-order valence-corrected chi connectivity index (χ1v) is 23.1. The molecule has 0 heterocycles. The molecule has 328 valence electrons. The van der Waals surface area contributed by atoms with Crippen LogP contribution in [0.5, 0.6) is 0 Å². The van der Waals surface area contributed by atoms with E-state index in [1.165, 1.54) is 0 Å². The molecular formula is C32H38I6N6O15. The van der Waals surface area contributed by atoms with Gasteiger partial charge in [-0.1, -0.05) is 0 Å². The quantitative estimate of drug-likeness (QED) is 0.0333. The van der Waals surface area contributed by atoms with E-state index in [1.54, 1.807) is 136 Å². The van der Waals surface area contributed by atoms with Crippen LogP contribution in [0.1, 0.15) is 41.4 Å². The second-order valence-corrected chi connectivity index (χ2v) is 18.5. The highest BCUT2D eigenvalue weighted by Crippen LogP contribution is 2.38. The number of hydrogen-bond acceptors (Lipinski definition) is 16. The molecule has 0 radical (unpaired) electrons. The van der Waals surface area contributed by atoms with Crippen LogP contribution in [0, 0.1) is 21.4 Å². The molecule has 5 atom stereocenters. The number of ketones is 1. The van der Waals surface area contributed by atoms with Crippen molar-refractivity contribution in [1.82, 2.24) is 21.3 Å². The van der Waals surface area contributed by atoms with Gasteiger partial charge in [0.25, 0.3) is 17.7 Å². The minimum Gasteiger partial charge on any atom is -0.394 e. The van der Waals surface area contributed by atoms with Crippen LogP contribution in [0.4, 0.5) is 11.4 Å². The molecular weight excluding hydrogens is 1470 g/mol. The third-order valence-electron chi connectivity index (χ3n) is 7.64. The van der Waals surface area contributed by atoms with Crippen LogP contribution in [0.2, 0.25) is 0 Å². The molecule has 0 aliphatic heterocycles. The highest BCUT2D eigenvalue weighted by atomic mass is 127. The number of anilines is 2. The number of rotatable bonds is 22. The molecule has 21 nitrogen and oxygen atoms in total. The van der Waals surface area contributed by atoms with Crippen molar-refractivity contribution >= 4 is 182 Å². The zero-order chi connectivity index (χ0) is 44.9. The molecule has 59 heavy (non-hydrogen) atoms. The minimum atomic E-state index is -1.98. The van der Waals surface area contributed by atoms with Gasteiger partial charge in [-0.2, -0.15) is 0 Å². The molecule has 5 amide bonds. The predicted molar refractivity (Wildman–Crippen MR) is 259 cm³/mol. The Labute approximate surface area is 417 Å². The maximum absolute atomic E-state index is 14.7. The number of amides is 5. The van der Waals surface area contributed by atoms with Gasteiger partial charge in [-0.25, -0.2) is 0 Å². The number of halogens is 6. The molecule has 0 bridgehead atoms. The van der Waals surface area contributed by atoms with Gasteiger partial charge in [0.1, 0.15) is 6.61 Å². The van der Waals surface area contributed by atoms with E-state index in [0.29, 0.717) is 0 Å². The molecule has 15 N–H and O–H groups in total. The zero-order valence-electron chi connectivity index (χ0n) is 30.0. The third-order valence-corrected chi connectivity index (χ3v) is 14.1. The summed E-state index contributed by atoms with van der Waals surface area (Å²) in [6.45, 7) is -5.66. The van der Waals surface area contributed by atoms with Gasteiger partial charge in [0.05, 0.1) is 89.6 Å². The molecule has 2 aromatic carbocycles. The van der Waals surface area contributed by atoms with E-state index in [1.807, 2.05) is 0 Å². The highest BCUT2D eigenvalue weighted by molar-refractivity contribution is 14.1. The topological polar surface area (TPSA) is 357 Å². The van der Waals surface area contributed by atoms with Crippen LogP contribution in [0.25, 0.3) is 0 Å². The average molecular weight is 1510 g/mol.